The van der Waals surface area contributed by atoms with Gasteiger partial charge in [0.2, 0.25) is 5.91 Å². The van der Waals surface area contributed by atoms with Crippen molar-refractivity contribution in [3.8, 4) is 0 Å². The molecule has 2 aromatic rings. The van der Waals surface area contributed by atoms with E-state index in [1.165, 1.54) is 31.4 Å². The molecule has 26 heavy (non-hydrogen) atoms. The summed E-state index contributed by atoms with van der Waals surface area (Å²) in [6, 6.07) is 8.46. The van der Waals surface area contributed by atoms with E-state index >= 15 is 0 Å². The van der Waals surface area contributed by atoms with Gasteiger partial charge >= 0.3 is 0 Å². The van der Waals surface area contributed by atoms with Crippen molar-refractivity contribution < 1.29 is 4.79 Å². The molecular formula is C20H26N4OS. The van der Waals surface area contributed by atoms with Gasteiger partial charge in [-0.15, -0.1) is 11.3 Å². The van der Waals surface area contributed by atoms with Crippen molar-refractivity contribution in [2.45, 2.75) is 46.0 Å². The van der Waals surface area contributed by atoms with Gasteiger partial charge in [0.05, 0.1) is 22.8 Å². The Balaban J connectivity index is 1.57. The van der Waals surface area contributed by atoms with Crippen LogP contribution < -0.4 is 10.3 Å². The molecule has 1 aromatic carbocycles. The molecule has 0 spiro atoms. The minimum atomic E-state index is -0.143. The average molecular weight is 371 g/mol. The molecule has 0 radical (unpaired) electrons. The van der Waals surface area contributed by atoms with Crippen molar-refractivity contribution >= 4 is 28.6 Å². The number of aromatic nitrogens is 1. The Bertz CT molecular complexity index is 758. The number of nitrogens with zero attached hydrogens (tertiary/aromatic N) is 3. The lowest BCUT2D eigenvalue weighted by Crippen LogP contribution is -2.23. The van der Waals surface area contributed by atoms with Gasteiger partial charge in [0.25, 0.3) is 0 Å². The van der Waals surface area contributed by atoms with E-state index in [0.717, 1.165) is 35.1 Å². The molecule has 138 valence electrons. The molecule has 6 heteroatoms. The molecule has 5 nitrogen and oxygen atoms in total. The highest BCUT2D eigenvalue weighted by Crippen LogP contribution is 2.20. The molecule has 0 bridgehead atoms. The zero-order chi connectivity index (χ0) is 18.4. The van der Waals surface area contributed by atoms with Gasteiger partial charge in [0.1, 0.15) is 0 Å². The van der Waals surface area contributed by atoms with Crippen LogP contribution in [0.25, 0.3) is 0 Å². The fourth-order valence-electron chi connectivity index (χ4n) is 3.15. The van der Waals surface area contributed by atoms with Crippen molar-refractivity contribution in [1.29, 1.82) is 0 Å². The van der Waals surface area contributed by atoms with Gasteiger partial charge in [0.15, 0.2) is 0 Å². The monoisotopic (exact) mass is 370 g/mol. The molecule has 1 fully saturated rings. The lowest BCUT2D eigenvalue weighted by atomic mass is 10.1. The summed E-state index contributed by atoms with van der Waals surface area (Å²) in [4.78, 5) is 18.8. The van der Waals surface area contributed by atoms with Crippen LogP contribution in [0, 0.1) is 6.92 Å². The smallest absolute Gasteiger partial charge is 0.246 e. The van der Waals surface area contributed by atoms with Crippen molar-refractivity contribution in [3.63, 3.8) is 0 Å². The average Bonchev–Trinajstić information content (AvgIpc) is 2.88. The van der Waals surface area contributed by atoms with Gasteiger partial charge in [-0.1, -0.05) is 25.0 Å². The maximum Gasteiger partial charge on any atom is 0.246 e. The molecule has 0 unspecified atom stereocenters. The molecular weight excluding hydrogens is 344 g/mol. The topological polar surface area (TPSA) is 57.6 Å². The van der Waals surface area contributed by atoms with E-state index in [-0.39, 0.29) is 12.3 Å². The number of rotatable bonds is 5. The van der Waals surface area contributed by atoms with Crippen LogP contribution in [0.5, 0.6) is 0 Å². The minimum absolute atomic E-state index is 0.143. The highest BCUT2D eigenvalue weighted by molar-refractivity contribution is 7.09. The van der Waals surface area contributed by atoms with Crippen LogP contribution in [0.4, 0.5) is 5.69 Å². The van der Waals surface area contributed by atoms with E-state index in [1.807, 2.05) is 19.2 Å². The minimum Gasteiger partial charge on any atom is -0.372 e. The number of hydrazone groups is 1. The van der Waals surface area contributed by atoms with Crippen molar-refractivity contribution in [1.82, 2.24) is 10.4 Å². The maximum atomic E-state index is 12.0. The summed E-state index contributed by atoms with van der Waals surface area (Å²) in [6.45, 7) is 6.12. The van der Waals surface area contributed by atoms with Crippen LogP contribution >= 0.6 is 11.3 Å². The SMILES string of the molecule is C/C(=N\NC(=O)Cc1csc(C)n1)c1ccc(N2CCCCCC2)cc1. The van der Waals surface area contributed by atoms with E-state index in [0.29, 0.717) is 0 Å². The Kier molecular flexibility index (Phi) is 6.39. The molecule has 0 saturated carbocycles. The highest BCUT2D eigenvalue weighted by Gasteiger charge is 2.10. The van der Waals surface area contributed by atoms with E-state index < -0.39 is 0 Å². The van der Waals surface area contributed by atoms with Crippen LogP contribution in [0.1, 0.15) is 48.9 Å². The molecule has 0 atom stereocenters. The van der Waals surface area contributed by atoms with Crippen LogP contribution in [0.3, 0.4) is 0 Å². The number of hydrogen-bond acceptors (Lipinski definition) is 5. The van der Waals surface area contributed by atoms with Gasteiger partial charge in [-0.25, -0.2) is 10.4 Å². The van der Waals surface area contributed by atoms with Crippen LogP contribution in [0.15, 0.2) is 34.7 Å². The number of hydrogen-bond donors (Lipinski definition) is 1. The van der Waals surface area contributed by atoms with Gasteiger partial charge in [-0.05, 0) is 44.4 Å². The van der Waals surface area contributed by atoms with Crippen molar-refractivity contribution in [2.24, 2.45) is 5.10 Å². The third kappa shape index (κ3) is 5.14. The van der Waals surface area contributed by atoms with Crippen LogP contribution in [0.2, 0.25) is 0 Å². The summed E-state index contributed by atoms with van der Waals surface area (Å²) in [5.74, 6) is -0.143. The third-order valence-electron chi connectivity index (χ3n) is 4.61. The predicted molar refractivity (Wildman–Crippen MR) is 108 cm³/mol. The summed E-state index contributed by atoms with van der Waals surface area (Å²) in [5, 5.41) is 7.11. The molecule has 2 heterocycles. The summed E-state index contributed by atoms with van der Waals surface area (Å²) < 4.78 is 0. The summed E-state index contributed by atoms with van der Waals surface area (Å²) in [5.41, 5.74) is 6.51. The first kappa shape index (κ1) is 18.6. The standard InChI is InChI=1S/C20H26N4OS/c1-15(22-23-20(25)13-18-14-26-16(2)21-18)17-7-9-19(10-8-17)24-11-5-3-4-6-12-24/h7-10,14H,3-6,11-13H2,1-2H3,(H,23,25)/b22-15+. The summed E-state index contributed by atoms with van der Waals surface area (Å²) in [7, 11) is 0. The Labute approximate surface area is 159 Å². The van der Waals surface area contributed by atoms with E-state index in [4.69, 9.17) is 0 Å². The predicted octanol–water partition coefficient (Wildman–Crippen LogP) is 3.91. The summed E-state index contributed by atoms with van der Waals surface area (Å²) in [6.07, 6.45) is 5.47. The van der Waals surface area contributed by atoms with Crippen molar-refractivity contribution in [3.05, 3.63) is 45.9 Å². The number of carbonyl (C=O) groups is 1. The van der Waals surface area contributed by atoms with Gasteiger partial charge in [-0.3, -0.25) is 4.79 Å². The molecule has 1 aromatic heterocycles. The first-order chi connectivity index (χ1) is 12.6. The Morgan fingerprint density at radius 1 is 1.19 bits per heavy atom. The highest BCUT2D eigenvalue weighted by atomic mass is 32.1. The first-order valence-corrected chi connectivity index (χ1v) is 10.1. The van der Waals surface area contributed by atoms with Crippen LogP contribution in [-0.4, -0.2) is 29.7 Å². The van der Waals surface area contributed by atoms with E-state index in [1.54, 1.807) is 11.3 Å². The zero-order valence-corrected chi connectivity index (χ0v) is 16.3. The Morgan fingerprint density at radius 2 is 1.88 bits per heavy atom. The normalized spacial score (nSPS) is 15.6. The first-order valence-electron chi connectivity index (χ1n) is 9.21. The quantitative estimate of drug-likeness (QED) is 0.641. The number of thiazole rings is 1. The van der Waals surface area contributed by atoms with Crippen molar-refractivity contribution in [2.75, 3.05) is 18.0 Å². The lowest BCUT2D eigenvalue weighted by molar-refractivity contribution is -0.120. The van der Waals surface area contributed by atoms with Gasteiger partial charge < -0.3 is 4.90 Å². The second-order valence-corrected chi connectivity index (χ2v) is 7.78. The third-order valence-corrected chi connectivity index (χ3v) is 5.44. The molecule has 1 aliphatic rings. The number of benzene rings is 1. The lowest BCUT2D eigenvalue weighted by Gasteiger charge is -2.22. The fourth-order valence-corrected chi connectivity index (χ4v) is 3.76. The molecule has 1 N–H and O–H groups in total. The molecule has 1 aliphatic heterocycles. The summed E-state index contributed by atoms with van der Waals surface area (Å²) >= 11 is 1.55. The van der Waals surface area contributed by atoms with E-state index in [2.05, 4.69) is 44.7 Å². The number of carbonyl (C=O) groups excluding carboxylic acids is 1. The zero-order valence-electron chi connectivity index (χ0n) is 15.5. The second kappa shape index (κ2) is 8.94. The second-order valence-electron chi connectivity index (χ2n) is 6.71. The molecule has 3 rings (SSSR count). The van der Waals surface area contributed by atoms with Gasteiger partial charge in [0, 0.05) is 24.2 Å². The van der Waals surface area contributed by atoms with Crippen LogP contribution in [-0.2, 0) is 11.2 Å². The number of aryl methyl sites for hydroxylation is 1. The molecule has 0 aliphatic carbocycles. The Hall–Kier alpha value is -2.21. The largest absolute Gasteiger partial charge is 0.372 e. The maximum absolute atomic E-state index is 12.0. The van der Waals surface area contributed by atoms with E-state index in [9.17, 15) is 4.79 Å². The van der Waals surface area contributed by atoms with Gasteiger partial charge in [-0.2, -0.15) is 5.10 Å². The molecule has 1 amide bonds. The Morgan fingerprint density at radius 3 is 2.50 bits per heavy atom. The number of nitrogens with one attached hydrogen (secondary N) is 1. The number of anilines is 1. The fraction of sp³-hybridized carbons (Fsp3) is 0.450. The number of amides is 1. The molecule has 1 saturated heterocycles.